The van der Waals surface area contributed by atoms with Gasteiger partial charge in [-0.15, -0.1) is 0 Å². The van der Waals surface area contributed by atoms with E-state index in [2.05, 4.69) is 9.88 Å². The zero-order chi connectivity index (χ0) is 12.1. The summed E-state index contributed by atoms with van der Waals surface area (Å²) < 4.78 is 0. The van der Waals surface area contributed by atoms with Gasteiger partial charge in [-0.25, -0.2) is 4.79 Å². The van der Waals surface area contributed by atoms with Crippen LogP contribution >= 0.6 is 0 Å². The molecule has 1 heterocycles. The largest absolute Gasteiger partial charge is 0.478 e. The van der Waals surface area contributed by atoms with Crippen LogP contribution in [0, 0.1) is 0 Å². The van der Waals surface area contributed by atoms with E-state index in [1.807, 2.05) is 26.0 Å². The van der Waals surface area contributed by atoms with Gasteiger partial charge in [0.05, 0.1) is 5.69 Å². The van der Waals surface area contributed by atoms with Gasteiger partial charge in [-0.3, -0.25) is 4.98 Å². The normalized spacial score (nSPS) is 10.5. The lowest BCUT2D eigenvalue weighted by Crippen LogP contribution is -2.29. The Balaban J connectivity index is 2.82. The van der Waals surface area contributed by atoms with Gasteiger partial charge in [-0.05, 0) is 20.2 Å². The molecule has 5 heteroatoms. The molecular formula is C11H17N3O2. The molecule has 0 aromatic carbocycles. The van der Waals surface area contributed by atoms with Gasteiger partial charge in [0.2, 0.25) is 0 Å². The van der Waals surface area contributed by atoms with Crippen molar-refractivity contribution in [3.63, 3.8) is 0 Å². The first-order valence-corrected chi connectivity index (χ1v) is 5.05. The smallest absolute Gasteiger partial charge is 0.339 e. The van der Waals surface area contributed by atoms with Crippen molar-refractivity contribution < 1.29 is 9.90 Å². The summed E-state index contributed by atoms with van der Waals surface area (Å²) in [5.41, 5.74) is 0.938. The van der Waals surface area contributed by atoms with E-state index in [1.54, 1.807) is 12.3 Å². The third-order valence-electron chi connectivity index (χ3n) is 2.32. The molecule has 0 saturated heterocycles. The molecule has 1 aromatic rings. The molecule has 0 aliphatic heterocycles. The number of carbonyl (C=O) groups is 1. The molecule has 0 unspecified atom stereocenters. The SMILES string of the molecule is CN(C)CCN(C)c1ccncc1C(=O)O. The van der Waals surface area contributed by atoms with Crippen LogP contribution < -0.4 is 4.90 Å². The zero-order valence-corrected chi connectivity index (χ0v) is 9.84. The fourth-order valence-electron chi connectivity index (χ4n) is 1.36. The van der Waals surface area contributed by atoms with Crippen LogP contribution in [0.4, 0.5) is 5.69 Å². The van der Waals surface area contributed by atoms with Crippen LogP contribution in [0.1, 0.15) is 10.4 Å². The number of nitrogens with zero attached hydrogens (tertiary/aromatic N) is 3. The molecule has 0 aliphatic rings. The molecule has 5 nitrogen and oxygen atoms in total. The third-order valence-corrected chi connectivity index (χ3v) is 2.32. The molecule has 0 atom stereocenters. The van der Waals surface area contributed by atoms with Crippen molar-refractivity contribution in [3.8, 4) is 0 Å². The molecule has 0 amide bonds. The molecule has 1 aromatic heterocycles. The standard InChI is InChI=1S/C11H17N3O2/c1-13(2)6-7-14(3)10-4-5-12-8-9(10)11(15)16/h4-5,8H,6-7H2,1-3H3,(H,15,16). The number of rotatable bonds is 5. The van der Waals surface area contributed by atoms with Gasteiger partial charge >= 0.3 is 5.97 Å². The number of aromatic carboxylic acids is 1. The minimum absolute atomic E-state index is 0.240. The maximum atomic E-state index is 11.0. The highest BCUT2D eigenvalue weighted by Gasteiger charge is 2.12. The van der Waals surface area contributed by atoms with Crippen LogP contribution in [0.5, 0.6) is 0 Å². The lowest BCUT2D eigenvalue weighted by molar-refractivity contribution is 0.0697. The summed E-state index contributed by atoms with van der Waals surface area (Å²) in [5, 5.41) is 9.01. The lowest BCUT2D eigenvalue weighted by Gasteiger charge is -2.22. The molecule has 88 valence electrons. The topological polar surface area (TPSA) is 56.7 Å². The highest BCUT2D eigenvalue weighted by Crippen LogP contribution is 2.17. The average molecular weight is 223 g/mol. The first kappa shape index (κ1) is 12.4. The third kappa shape index (κ3) is 3.20. The molecule has 1 rings (SSSR count). The van der Waals surface area contributed by atoms with E-state index in [-0.39, 0.29) is 5.56 Å². The van der Waals surface area contributed by atoms with Crippen molar-refractivity contribution in [2.24, 2.45) is 0 Å². The van der Waals surface area contributed by atoms with Gasteiger partial charge < -0.3 is 14.9 Å². The van der Waals surface area contributed by atoms with Gasteiger partial charge in [-0.2, -0.15) is 0 Å². The van der Waals surface area contributed by atoms with E-state index >= 15 is 0 Å². The van der Waals surface area contributed by atoms with Crippen LogP contribution in [0.3, 0.4) is 0 Å². The fraction of sp³-hybridized carbons (Fsp3) is 0.455. The molecule has 0 saturated carbocycles. The zero-order valence-electron chi connectivity index (χ0n) is 9.84. The summed E-state index contributed by atoms with van der Waals surface area (Å²) in [6.07, 6.45) is 2.98. The summed E-state index contributed by atoms with van der Waals surface area (Å²) in [5.74, 6) is -0.945. The van der Waals surface area contributed by atoms with E-state index in [0.717, 1.165) is 13.1 Å². The highest BCUT2D eigenvalue weighted by atomic mass is 16.4. The number of carboxylic acids is 1. The maximum absolute atomic E-state index is 11.0. The van der Waals surface area contributed by atoms with Crippen LogP contribution in [-0.2, 0) is 0 Å². The highest BCUT2D eigenvalue weighted by molar-refractivity contribution is 5.93. The van der Waals surface area contributed by atoms with E-state index in [0.29, 0.717) is 5.69 Å². The summed E-state index contributed by atoms with van der Waals surface area (Å²) in [6.45, 7) is 1.65. The predicted molar refractivity (Wildman–Crippen MR) is 63.0 cm³/mol. The number of hydrogen-bond donors (Lipinski definition) is 1. The van der Waals surface area contributed by atoms with Gasteiger partial charge in [-0.1, -0.05) is 0 Å². The van der Waals surface area contributed by atoms with Crippen LogP contribution in [-0.4, -0.2) is 55.2 Å². The van der Waals surface area contributed by atoms with Crippen LogP contribution in [0.2, 0.25) is 0 Å². The Morgan fingerprint density at radius 1 is 1.38 bits per heavy atom. The Kier molecular flexibility index (Phi) is 4.25. The molecule has 0 bridgehead atoms. The Labute approximate surface area is 95.3 Å². The quantitative estimate of drug-likeness (QED) is 0.799. The monoisotopic (exact) mass is 223 g/mol. The Morgan fingerprint density at radius 2 is 2.06 bits per heavy atom. The molecule has 16 heavy (non-hydrogen) atoms. The van der Waals surface area contributed by atoms with Gasteiger partial charge in [0.25, 0.3) is 0 Å². The Morgan fingerprint density at radius 3 is 2.62 bits per heavy atom. The fourth-order valence-corrected chi connectivity index (χ4v) is 1.36. The minimum atomic E-state index is -0.945. The van der Waals surface area contributed by atoms with Crippen molar-refractivity contribution in [1.82, 2.24) is 9.88 Å². The number of likely N-dealkylation sites (N-methyl/N-ethyl adjacent to an activating group) is 2. The van der Waals surface area contributed by atoms with Crippen molar-refractivity contribution in [2.75, 3.05) is 39.1 Å². The molecule has 1 N–H and O–H groups in total. The molecule has 0 fully saturated rings. The van der Waals surface area contributed by atoms with E-state index < -0.39 is 5.97 Å². The summed E-state index contributed by atoms with van der Waals surface area (Å²) in [6, 6.07) is 1.72. The summed E-state index contributed by atoms with van der Waals surface area (Å²) in [7, 11) is 5.85. The summed E-state index contributed by atoms with van der Waals surface area (Å²) in [4.78, 5) is 18.8. The van der Waals surface area contributed by atoms with E-state index in [9.17, 15) is 4.79 Å². The number of hydrogen-bond acceptors (Lipinski definition) is 4. The molecule has 0 radical (unpaired) electrons. The number of pyridine rings is 1. The lowest BCUT2D eigenvalue weighted by atomic mass is 10.2. The van der Waals surface area contributed by atoms with Crippen molar-refractivity contribution in [1.29, 1.82) is 0 Å². The van der Waals surface area contributed by atoms with Gasteiger partial charge in [0, 0.05) is 32.5 Å². The minimum Gasteiger partial charge on any atom is -0.478 e. The molecular weight excluding hydrogens is 206 g/mol. The number of anilines is 1. The van der Waals surface area contributed by atoms with Gasteiger partial charge in [0.15, 0.2) is 0 Å². The Bertz CT molecular complexity index is 366. The predicted octanol–water partition coefficient (Wildman–Crippen LogP) is 0.778. The molecule has 0 spiro atoms. The second-order valence-corrected chi connectivity index (χ2v) is 3.92. The first-order chi connectivity index (χ1) is 7.52. The number of carboxylic acid groups (broad SMARTS) is 1. The summed E-state index contributed by atoms with van der Waals surface area (Å²) >= 11 is 0. The van der Waals surface area contributed by atoms with E-state index in [4.69, 9.17) is 5.11 Å². The molecule has 0 aliphatic carbocycles. The second kappa shape index (κ2) is 5.46. The Hall–Kier alpha value is -1.62. The van der Waals surface area contributed by atoms with Crippen LogP contribution in [0.15, 0.2) is 18.5 Å². The van der Waals surface area contributed by atoms with Crippen molar-refractivity contribution in [2.45, 2.75) is 0 Å². The van der Waals surface area contributed by atoms with Crippen LogP contribution in [0.25, 0.3) is 0 Å². The van der Waals surface area contributed by atoms with Crippen molar-refractivity contribution in [3.05, 3.63) is 24.0 Å². The number of aromatic nitrogens is 1. The first-order valence-electron chi connectivity index (χ1n) is 5.05. The maximum Gasteiger partial charge on any atom is 0.339 e. The average Bonchev–Trinajstić information content (AvgIpc) is 2.25. The van der Waals surface area contributed by atoms with Gasteiger partial charge in [0.1, 0.15) is 5.56 Å². The van der Waals surface area contributed by atoms with E-state index in [1.165, 1.54) is 6.20 Å². The van der Waals surface area contributed by atoms with Crippen molar-refractivity contribution >= 4 is 11.7 Å². The second-order valence-electron chi connectivity index (χ2n) is 3.92.